The summed E-state index contributed by atoms with van der Waals surface area (Å²) in [7, 11) is 0. The third-order valence-electron chi connectivity index (χ3n) is 3.40. The molecule has 86 valence electrons. The number of rotatable bonds is 0. The molecule has 0 radical (unpaired) electrons. The fraction of sp³-hybridized carbons (Fsp3) is 0.467. The van der Waals surface area contributed by atoms with Gasteiger partial charge in [0.05, 0.1) is 0 Å². The fourth-order valence-electron chi connectivity index (χ4n) is 2.31. The van der Waals surface area contributed by atoms with Crippen molar-refractivity contribution in [2.24, 2.45) is 5.41 Å². The summed E-state index contributed by atoms with van der Waals surface area (Å²) in [5.41, 5.74) is 4.00. The first kappa shape index (κ1) is 11.4. The van der Waals surface area contributed by atoms with Crippen LogP contribution in [-0.4, -0.2) is 0 Å². The maximum absolute atomic E-state index is 13.2. The molecule has 0 saturated heterocycles. The summed E-state index contributed by atoms with van der Waals surface area (Å²) in [4.78, 5) is 0. The molecule has 0 spiro atoms. The van der Waals surface area contributed by atoms with E-state index in [-0.39, 0.29) is 11.2 Å². The third kappa shape index (κ3) is 2.04. The van der Waals surface area contributed by atoms with Crippen molar-refractivity contribution in [3.8, 4) is 0 Å². The summed E-state index contributed by atoms with van der Waals surface area (Å²) in [6.07, 6.45) is 3.27. The SMILES string of the molecule is CC1CC(C(C)(C)C)=Cc2ccc(F)cc21. The van der Waals surface area contributed by atoms with E-state index in [9.17, 15) is 4.39 Å². The van der Waals surface area contributed by atoms with Crippen LogP contribution in [0.5, 0.6) is 0 Å². The topological polar surface area (TPSA) is 0 Å². The van der Waals surface area contributed by atoms with Crippen molar-refractivity contribution in [3.63, 3.8) is 0 Å². The van der Waals surface area contributed by atoms with Crippen molar-refractivity contribution < 1.29 is 4.39 Å². The Morgan fingerprint density at radius 3 is 2.56 bits per heavy atom. The standard InChI is InChI=1S/C15H19F/c1-10-7-12(15(2,3)4)8-11-5-6-13(16)9-14(10)11/h5-6,8-10H,7H2,1-4H3. The van der Waals surface area contributed by atoms with E-state index >= 15 is 0 Å². The van der Waals surface area contributed by atoms with E-state index in [2.05, 4.69) is 33.8 Å². The second-order valence-electron chi connectivity index (χ2n) is 5.80. The maximum atomic E-state index is 13.2. The highest BCUT2D eigenvalue weighted by Crippen LogP contribution is 2.40. The van der Waals surface area contributed by atoms with Crippen LogP contribution in [0.4, 0.5) is 4.39 Å². The molecule has 0 fully saturated rings. The lowest BCUT2D eigenvalue weighted by atomic mass is 9.74. The van der Waals surface area contributed by atoms with Crippen molar-refractivity contribution in [1.29, 1.82) is 0 Å². The van der Waals surface area contributed by atoms with Crippen molar-refractivity contribution in [2.75, 3.05) is 0 Å². The van der Waals surface area contributed by atoms with Gasteiger partial charge in [-0.1, -0.05) is 45.4 Å². The van der Waals surface area contributed by atoms with Crippen LogP contribution in [0.25, 0.3) is 6.08 Å². The van der Waals surface area contributed by atoms with E-state index in [0.29, 0.717) is 5.92 Å². The molecule has 0 nitrogen and oxygen atoms in total. The van der Waals surface area contributed by atoms with Gasteiger partial charge >= 0.3 is 0 Å². The van der Waals surface area contributed by atoms with Crippen LogP contribution in [0, 0.1) is 11.2 Å². The summed E-state index contributed by atoms with van der Waals surface area (Å²) >= 11 is 0. The quantitative estimate of drug-likeness (QED) is 0.589. The minimum atomic E-state index is -0.127. The van der Waals surface area contributed by atoms with Gasteiger partial charge in [0.2, 0.25) is 0 Å². The minimum Gasteiger partial charge on any atom is -0.207 e. The maximum Gasteiger partial charge on any atom is 0.123 e. The van der Waals surface area contributed by atoms with E-state index in [1.807, 2.05) is 6.07 Å². The molecule has 1 atom stereocenters. The van der Waals surface area contributed by atoms with Crippen molar-refractivity contribution >= 4 is 6.08 Å². The highest BCUT2D eigenvalue weighted by molar-refractivity contribution is 5.61. The second kappa shape index (κ2) is 3.73. The van der Waals surface area contributed by atoms with Gasteiger partial charge in [-0.2, -0.15) is 0 Å². The molecule has 0 amide bonds. The number of fused-ring (bicyclic) bond motifs is 1. The van der Waals surface area contributed by atoms with Gasteiger partial charge in [-0.25, -0.2) is 4.39 Å². The largest absolute Gasteiger partial charge is 0.207 e. The first-order chi connectivity index (χ1) is 7.38. The fourth-order valence-corrected chi connectivity index (χ4v) is 2.31. The van der Waals surface area contributed by atoms with Crippen LogP contribution in [0.15, 0.2) is 23.8 Å². The van der Waals surface area contributed by atoms with E-state index < -0.39 is 0 Å². The summed E-state index contributed by atoms with van der Waals surface area (Å²) in [6.45, 7) is 8.89. The van der Waals surface area contributed by atoms with Crippen molar-refractivity contribution in [2.45, 2.75) is 40.0 Å². The zero-order chi connectivity index (χ0) is 11.9. The van der Waals surface area contributed by atoms with E-state index in [4.69, 9.17) is 0 Å². The van der Waals surface area contributed by atoms with Gasteiger partial charge < -0.3 is 0 Å². The Hall–Kier alpha value is -1.11. The molecule has 1 heteroatoms. The zero-order valence-corrected chi connectivity index (χ0v) is 10.5. The van der Waals surface area contributed by atoms with E-state index in [1.54, 1.807) is 12.1 Å². The van der Waals surface area contributed by atoms with Gasteiger partial charge in [-0.15, -0.1) is 0 Å². The molecular formula is C15H19F. The average molecular weight is 218 g/mol. The Morgan fingerprint density at radius 1 is 1.25 bits per heavy atom. The van der Waals surface area contributed by atoms with Crippen LogP contribution in [0.2, 0.25) is 0 Å². The molecule has 0 aromatic heterocycles. The summed E-state index contributed by atoms with van der Waals surface area (Å²) in [6, 6.07) is 5.12. The molecule has 0 heterocycles. The summed E-state index contributed by atoms with van der Waals surface area (Å²) in [5, 5.41) is 0. The molecule has 1 aromatic rings. The Morgan fingerprint density at radius 2 is 1.94 bits per heavy atom. The summed E-state index contributed by atoms with van der Waals surface area (Å²) in [5.74, 6) is 0.295. The van der Waals surface area contributed by atoms with Crippen LogP contribution in [0.3, 0.4) is 0 Å². The van der Waals surface area contributed by atoms with Crippen LogP contribution in [0.1, 0.15) is 51.2 Å². The Kier molecular flexibility index (Phi) is 2.65. The van der Waals surface area contributed by atoms with Crippen LogP contribution in [-0.2, 0) is 0 Å². The van der Waals surface area contributed by atoms with Gasteiger partial charge in [0.1, 0.15) is 5.82 Å². The average Bonchev–Trinajstić information content (AvgIpc) is 2.17. The normalized spacial score (nSPS) is 20.3. The molecule has 2 rings (SSSR count). The molecule has 1 aliphatic carbocycles. The molecule has 16 heavy (non-hydrogen) atoms. The minimum absolute atomic E-state index is 0.127. The Labute approximate surface area is 97.2 Å². The van der Waals surface area contributed by atoms with Gasteiger partial charge in [-0.05, 0) is 41.0 Å². The van der Waals surface area contributed by atoms with E-state index in [0.717, 1.165) is 12.0 Å². The van der Waals surface area contributed by atoms with Gasteiger partial charge in [0.15, 0.2) is 0 Å². The van der Waals surface area contributed by atoms with E-state index in [1.165, 1.54) is 11.1 Å². The number of hydrogen-bond donors (Lipinski definition) is 0. The highest BCUT2D eigenvalue weighted by Gasteiger charge is 2.25. The summed E-state index contributed by atoms with van der Waals surface area (Å²) < 4.78 is 13.2. The first-order valence-corrected chi connectivity index (χ1v) is 5.88. The predicted octanol–water partition coefficient (Wildman–Crippen LogP) is 4.76. The van der Waals surface area contributed by atoms with Gasteiger partial charge in [0, 0.05) is 0 Å². The Balaban J connectivity index is 2.50. The highest BCUT2D eigenvalue weighted by atomic mass is 19.1. The van der Waals surface area contributed by atoms with Crippen LogP contribution >= 0.6 is 0 Å². The molecule has 0 aliphatic heterocycles. The van der Waals surface area contributed by atoms with Crippen molar-refractivity contribution in [1.82, 2.24) is 0 Å². The van der Waals surface area contributed by atoms with Crippen LogP contribution < -0.4 is 0 Å². The number of hydrogen-bond acceptors (Lipinski definition) is 0. The zero-order valence-electron chi connectivity index (χ0n) is 10.5. The second-order valence-corrected chi connectivity index (χ2v) is 5.80. The Bertz CT molecular complexity index is 435. The van der Waals surface area contributed by atoms with Crippen molar-refractivity contribution in [3.05, 3.63) is 40.7 Å². The first-order valence-electron chi connectivity index (χ1n) is 5.88. The molecule has 0 bridgehead atoms. The monoisotopic (exact) mass is 218 g/mol. The van der Waals surface area contributed by atoms with Gasteiger partial charge in [-0.3, -0.25) is 0 Å². The van der Waals surface area contributed by atoms with Gasteiger partial charge in [0.25, 0.3) is 0 Å². The molecule has 1 aromatic carbocycles. The molecule has 0 N–H and O–H groups in total. The molecule has 1 aliphatic rings. The number of halogens is 1. The molecule has 0 saturated carbocycles. The lowest BCUT2D eigenvalue weighted by molar-refractivity contribution is 0.470. The smallest absolute Gasteiger partial charge is 0.123 e. The third-order valence-corrected chi connectivity index (χ3v) is 3.40. The predicted molar refractivity (Wildman–Crippen MR) is 66.9 cm³/mol. The molecule has 1 unspecified atom stereocenters. The lowest BCUT2D eigenvalue weighted by Gasteiger charge is -2.30. The molecular weight excluding hydrogens is 199 g/mol. The number of allylic oxidation sites excluding steroid dienone is 1. The number of benzene rings is 1. The lowest BCUT2D eigenvalue weighted by Crippen LogP contribution is -2.15.